The van der Waals surface area contributed by atoms with E-state index in [2.05, 4.69) is 0 Å². The maximum absolute atomic E-state index is 10.2. The fourth-order valence-corrected chi connectivity index (χ4v) is 2.23. The van der Waals surface area contributed by atoms with Crippen LogP contribution in [0.3, 0.4) is 0 Å². The van der Waals surface area contributed by atoms with Crippen LogP contribution in [0.15, 0.2) is 54.6 Å². The summed E-state index contributed by atoms with van der Waals surface area (Å²) in [5.74, 6) is 0. The number of halogens is 1. The fourth-order valence-electron chi connectivity index (χ4n) is 1.92. The molecule has 0 fully saturated rings. The van der Waals surface area contributed by atoms with Gasteiger partial charge in [0.25, 0.3) is 0 Å². The zero-order valence-electron chi connectivity index (χ0n) is 10.4. The monoisotopic (exact) mass is 260 g/mol. The molecule has 0 aliphatic carbocycles. The van der Waals surface area contributed by atoms with Gasteiger partial charge in [-0.1, -0.05) is 60.2 Å². The number of aryl methyl sites for hydroxylation is 1. The molecule has 1 N–H and O–H groups in total. The van der Waals surface area contributed by atoms with Gasteiger partial charge in [0.1, 0.15) is 0 Å². The number of rotatable bonds is 4. The molecule has 2 aromatic rings. The van der Waals surface area contributed by atoms with Crippen LogP contribution < -0.4 is 0 Å². The highest BCUT2D eigenvalue weighted by Crippen LogP contribution is 2.31. The Balaban J connectivity index is 2.03. The molecule has 0 spiro atoms. The van der Waals surface area contributed by atoms with Crippen molar-refractivity contribution in [3.05, 3.63) is 71.3 Å². The minimum atomic E-state index is -0.520. The molecule has 1 nitrogen and oxygen atoms in total. The Hall–Kier alpha value is -1.31. The van der Waals surface area contributed by atoms with E-state index in [9.17, 15) is 5.11 Å². The van der Waals surface area contributed by atoms with Gasteiger partial charge in [0, 0.05) is 0 Å². The van der Waals surface area contributed by atoms with Crippen LogP contribution in [-0.4, -0.2) is 5.11 Å². The Morgan fingerprint density at radius 1 is 0.944 bits per heavy atom. The van der Waals surface area contributed by atoms with Crippen molar-refractivity contribution >= 4 is 11.6 Å². The van der Waals surface area contributed by atoms with Crippen molar-refractivity contribution in [2.24, 2.45) is 0 Å². The first-order valence-corrected chi connectivity index (χ1v) is 6.54. The Morgan fingerprint density at radius 3 is 2.17 bits per heavy atom. The molecule has 0 aliphatic heterocycles. The maximum Gasteiger partial charge on any atom is 0.0807 e. The minimum Gasteiger partial charge on any atom is -0.388 e. The van der Waals surface area contributed by atoms with E-state index in [1.54, 1.807) is 0 Å². The van der Waals surface area contributed by atoms with Crippen LogP contribution in [-0.2, 0) is 0 Å². The summed E-state index contributed by atoms with van der Waals surface area (Å²) in [6.45, 7) is 2.03. The quantitative estimate of drug-likeness (QED) is 0.808. The fraction of sp³-hybridized carbons (Fsp3) is 0.250. The molecule has 2 atom stereocenters. The van der Waals surface area contributed by atoms with E-state index in [0.717, 1.165) is 11.1 Å². The van der Waals surface area contributed by atoms with Gasteiger partial charge in [-0.2, -0.15) is 0 Å². The van der Waals surface area contributed by atoms with Crippen molar-refractivity contribution in [3.63, 3.8) is 0 Å². The molecule has 2 rings (SSSR count). The van der Waals surface area contributed by atoms with E-state index in [1.807, 2.05) is 61.5 Å². The summed E-state index contributed by atoms with van der Waals surface area (Å²) in [5, 5.41) is 9.99. The highest BCUT2D eigenvalue weighted by molar-refractivity contribution is 6.20. The zero-order valence-corrected chi connectivity index (χ0v) is 11.1. The van der Waals surface area contributed by atoms with Crippen LogP contribution in [0, 0.1) is 6.92 Å². The summed E-state index contributed by atoms with van der Waals surface area (Å²) in [7, 11) is 0. The third kappa shape index (κ3) is 3.34. The molecule has 0 amide bonds. The molecular weight excluding hydrogens is 244 g/mol. The number of aliphatic hydroxyl groups excluding tert-OH is 1. The van der Waals surface area contributed by atoms with Crippen LogP contribution in [0.1, 0.15) is 34.6 Å². The Bertz CT molecular complexity index is 478. The smallest absolute Gasteiger partial charge is 0.0807 e. The lowest BCUT2D eigenvalue weighted by atomic mass is 10.0. The average Bonchev–Trinajstić information content (AvgIpc) is 2.40. The van der Waals surface area contributed by atoms with Crippen molar-refractivity contribution in [1.82, 2.24) is 0 Å². The van der Waals surface area contributed by atoms with Crippen molar-refractivity contribution in [3.8, 4) is 0 Å². The van der Waals surface area contributed by atoms with Gasteiger partial charge in [0.05, 0.1) is 11.5 Å². The van der Waals surface area contributed by atoms with Crippen LogP contribution in [0.4, 0.5) is 0 Å². The molecule has 0 radical (unpaired) electrons. The highest BCUT2D eigenvalue weighted by Gasteiger charge is 2.15. The first-order chi connectivity index (χ1) is 8.66. The van der Waals surface area contributed by atoms with Crippen molar-refractivity contribution < 1.29 is 5.11 Å². The molecule has 2 aromatic carbocycles. The molecule has 0 aliphatic rings. The third-order valence-electron chi connectivity index (χ3n) is 3.05. The zero-order chi connectivity index (χ0) is 13.0. The van der Waals surface area contributed by atoms with E-state index < -0.39 is 6.10 Å². The van der Waals surface area contributed by atoms with Crippen molar-refractivity contribution in [2.75, 3.05) is 0 Å². The lowest BCUT2D eigenvalue weighted by molar-refractivity contribution is 0.166. The van der Waals surface area contributed by atoms with Gasteiger partial charge in [-0.05, 0) is 24.5 Å². The van der Waals surface area contributed by atoms with E-state index in [0.29, 0.717) is 6.42 Å². The first kappa shape index (κ1) is 13.1. The van der Waals surface area contributed by atoms with Crippen molar-refractivity contribution in [2.45, 2.75) is 24.8 Å². The lowest BCUT2D eigenvalue weighted by Crippen LogP contribution is -2.02. The minimum absolute atomic E-state index is 0.164. The SMILES string of the molecule is Cc1ccc([C@@H](O)C[C@H](Cl)c2ccccc2)cc1. The van der Waals surface area contributed by atoms with Gasteiger partial charge < -0.3 is 5.11 Å². The second-order valence-electron chi connectivity index (χ2n) is 4.54. The molecule has 0 saturated carbocycles. The molecule has 94 valence electrons. The van der Waals surface area contributed by atoms with Crippen LogP contribution >= 0.6 is 11.6 Å². The predicted octanol–water partition coefficient (Wildman–Crippen LogP) is 4.40. The van der Waals surface area contributed by atoms with Gasteiger partial charge in [0.15, 0.2) is 0 Å². The number of aliphatic hydroxyl groups is 1. The summed E-state index contributed by atoms with van der Waals surface area (Å²) >= 11 is 6.32. The topological polar surface area (TPSA) is 20.2 Å². The van der Waals surface area contributed by atoms with E-state index >= 15 is 0 Å². The van der Waals surface area contributed by atoms with E-state index in [1.165, 1.54) is 5.56 Å². The third-order valence-corrected chi connectivity index (χ3v) is 3.48. The molecule has 0 heterocycles. The Labute approximate surface area is 113 Å². The summed E-state index contributed by atoms with van der Waals surface area (Å²) in [6, 6.07) is 17.8. The lowest BCUT2D eigenvalue weighted by Gasteiger charge is -2.15. The molecule has 0 unspecified atom stereocenters. The normalized spacial score (nSPS) is 14.2. The number of alkyl halides is 1. The van der Waals surface area contributed by atoms with Crippen LogP contribution in [0.2, 0.25) is 0 Å². The van der Waals surface area contributed by atoms with Crippen molar-refractivity contribution in [1.29, 1.82) is 0 Å². The average molecular weight is 261 g/mol. The predicted molar refractivity (Wildman–Crippen MR) is 75.8 cm³/mol. The van der Waals surface area contributed by atoms with Crippen LogP contribution in [0.5, 0.6) is 0 Å². The highest BCUT2D eigenvalue weighted by atomic mass is 35.5. The number of benzene rings is 2. The van der Waals surface area contributed by atoms with Gasteiger partial charge in [-0.15, -0.1) is 11.6 Å². The summed E-state index contributed by atoms with van der Waals surface area (Å²) in [6.07, 6.45) is 0.00236. The summed E-state index contributed by atoms with van der Waals surface area (Å²) in [5.41, 5.74) is 3.16. The van der Waals surface area contributed by atoms with E-state index in [-0.39, 0.29) is 5.38 Å². The maximum atomic E-state index is 10.2. The van der Waals surface area contributed by atoms with Gasteiger partial charge in [-0.25, -0.2) is 0 Å². The van der Waals surface area contributed by atoms with Gasteiger partial charge in [0.2, 0.25) is 0 Å². The second kappa shape index (κ2) is 6.03. The van der Waals surface area contributed by atoms with Gasteiger partial charge >= 0.3 is 0 Å². The van der Waals surface area contributed by atoms with Crippen LogP contribution in [0.25, 0.3) is 0 Å². The molecule has 0 aromatic heterocycles. The summed E-state index contributed by atoms with van der Waals surface area (Å²) in [4.78, 5) is 0. The molecule has 2 heteroatoms. The molecular formula is C16H17ClO. The number of hydrogen-bond acceptors (Lipinski definition) is 1. The standard InChI is InChI=1S/C16H17ClO/c1-12-7-9-14(10-8-12)16(18)11-15(17)13-5-3-2-4-6-13/h2-10,15-16,18H,11H2,1H3/t15-,16-/m0/s1. The molecule has 0 bridgehead atoms. The largest absolute Gasteiger partial charge is 0.388 e. The molecule has 18 heavy (non-hydrogen) atoms. The summed E-state index contributed by atoms with van der Waals surface area (Å²) < 4.78 is 0. The number of hydrogen-bond donors (Lipinski definition) is 1. The second-order valence-corrected chi connectivity index (χ2v) is 5.07. The molecule has 0 saturated heterocycles. The van der Waals surface area contributed by atoms with E-state index in [4.69, 9.17) is 11.6 Å². The Morgan fingerprint density at radius 2 is 1.56 bits per heavy atom. The Kier molecular flexibility index (Phi) is 4.40. The first-order valence-electron chi connectivity index (χ1n) is 6.10. The van der Waals surface area contributed by atoms with Gasteiger partial charge in [-0.3, -0.25) is 0 Å².